The first-order valence-electron chi connectivity index (χ1n) is 6.21. The molecule has 2 rings (SSSR count). The highest BCUT2D eigenvalue weighted by atomic mass is 35.5. The Hall–Kier alpha value is -1.46. The molecule has 5 nitrogen and oxygen atoms in total. The summed E-state index contributed by atoms with van der Waals surface area (Å²) in [5.74, 6) is -0.663. The van der Waals surface area contributed by atoms with Crippen molar-refractivity contribution in [3.63, 3.8) is 0 Å². The smallest absolute Gasteiger partial charge is 0.326 e. The number of carbonyl (C=O) groups is 2. The van der Waals surface area contributed by atoms with Crippen LogP contribution in [-0.2, 0) is 14.3 Å². The molecule has 0 saturated carbocycles. The molecule has 1 aromatic rings. The van der Waals surface area contributed by atoms with Gasteiger partial charge in [0.05, 0.1) is 34.6 Å². The highest BCUT2D eigenvalue weighted by Crippen LogP contribution is 2.36. The third kappa shape index (κ3) is 3.16. The van der Waals surface area contributed by atoms with E-state index < -0.39 is 5.97 Å². The second-order valence-electron chi connectivity index (χ2n) is 4.34. The number of carbonyl (C=O) groups excluding carboxylic acids is 2. The Morgan fingerprint density at radius 1 is 1.40 bits per heavy atom. The molecule has 1 aliphatic rings. The number of amides is 1. The number of fused-ring (bicyclic) bond motifs is 1. The third-order valence-corrected chi connectivity index (χ3v) is 3.54. The van der Waals surface area contributed by atoms with Gasteiger partial charge in [-0.05, 0) is 18.6 Å². The summed E-state index contributed by atoms with van der Waals surface area (Å²) in [5, 5.41) is 3.66. The summed E-state index contributed by atoms with van der Waals surface area (Å²) in [6.07, 6.45) is 0.735. The molecule has 1 heterocycles. The number of ether oxygens (including phenoxy) is 1. The van der Waals surface area contributed by atoms with E-state index >= 15 is 0 Å². The molecule has 7 heteroatoms. The van der Waals surface area contributed by atoms with Crippen molar-refractivity contribution in [2.45, 2.75) is 13.3 Å². The van der Waals surface area contributed by atoms with E-state index in [0.717, 1.165) is 6.42 Å². The Kier molecular flexibility index (Phi) is 4.73. The minimum atomic E-state index is -0.445. The molecule has 0 atom stereocenters. The Labute approximate surface area is 126 Å². The van der Waals surface area contributed by atoms with Crippen LogP contribution in [-0.4, -0.2) is 31.6 Å². The van der Waals surface area contributed by atoms with Gasteiger partial charge in [0.25, 0.3) is 0 Å². The molecule has 1 aromatic carbocycles. The van der Waals surface area contributed by atoms with Gasteiger partial charge in [0.2, 0.25) is 5.91 Å². The van der Waals surface area contributed by atoms with E-state index in [2.05, 4.69) is 5.32 Å². The number of esters is 1. The van der Waals surface area contributed by atoms with E-state index in [1.807, 2.05) is 6.92 Å². The Balaban J connectivity index is 2.23. The maximum Gasteiger partial charge on any atom is 0.326 e. The zero-order valence-electron chi connectivity index (χ0n) is 10.9. The summed E-state index contributed by atoms with van der Waals surface area (Å²) in [7, 11) is 0. The fourth-order valence-corrected chi connectivity index (χ4v) is 2.19. The Morgan fingerprint density at radius 3 is 2.80 bits per heavy atom. The van der Waals surface area contributed by atoms with Crippen molar-refractivity contribution < 1.29 is 14.3 Å². The minimum Gasteiger partial charge on any atom is -0.464 e. The lowest BCUT2D eigenvalue weighted by molar-refractivity contribution is -0.142. The zero-order chi connectivity index (χ0) is 14.7. The van der Waals surface area contributed by atoms with Crippen molar-refractivity contribution in [1.29, 1.82) is 0 Å². The fraction of sp³-hybridized carbons (Fsp3) is 0.385. The molecule has 0 bridgehead atoms. The van der Waals surface area contributed by atoms with E-state index in [0.29, 0.717) is 28.0 Å². The average molecular weight is 317 g/mol. The SMILES string of the molecule is CCCOC(=O)CN1C(=O)CNc2cc(Cl)c(Cl)cc21. The van der Waals surface area contributed by atoms with Gasteiger partial charge in [-0.25, -0.2) is 0 Å². The lowest BCUT2D eigenvalue weighted by Crippen LogP contribution is -2.43. The first kappa shape index (κ1) is 14.9. The van der Waals surface area contributed by atoms with Crippen molar-refractivity contribution in [2.24, 2.45) is 0 Å². The molecule has 0 aromatic heterocycles. The summed E-state index contributed by atoms with van der Waals surface area (Å²) in [6.45, 7) is 2.21. The molecule has 0 unspecified atom stereocenters. The number of nitrogens with zero attached hydrogens (tertiary/aromatic N) is 1. The van der Waals surface area contributed by atoms with Gasteiger partial charge in [-0.1, -0.05) is 30.1 Å². The quantitative estimate of drug-likeness (QED) is 0.868. The largest absolute Gasteiger partial charge is 0.464 e. The molecule has 1 amide bonds. The van der Waals surface area contributed by atoms with Crippen LogP contribution in [0.2, 0.25) is 10.0 Å². The maximum absolute atomic E-state index is 11.9. The number of benzene rings is 1. The summed E-state index contributed by atoms with van der Waals surface area (Å²) in [5.41, 5.74) is 1.20. The zero-order valence-corrected chi connectivity index (χ0v) is 12.4. The van der Waals surface area contributed by atoms with Gasteiger partial charge in [-0.3, -0.25) is 14.5 Å². The molecule has 108 valence electrons. The fourth-order valence-electron chi connectivity index (χ4n) is 1.87. The summed E-state index contributed by atoms with van der Waals surface area (Å²) in [4.78, 5) is 25.0. The number of hydrogen-bond donors (Lipinski definition) is 1. The highest BCUT2D eigenvalue weighted by molar-refractivity contribution is 6.42. The van der Waals surface area contributed by atoms with Gasteiger partial charge >= 0.3 is 5.97 Å². The molecule has 1 N–H and O–H groups in total. The van der Waals surface area contributed by atoms with Crippen molar-refractivity contribution in [2.75, 3.05) is 29.9 Å². The monoisotopic (exact) mass is 316 g/mol. The highest BCUT2D eigenvalue weighted by Gasteiger charge is 2.27. The van der Waals surface area contributed by atoms with Crippen LogP contribution in [0.5, 0.6) is 0 Å². The first-order chi connectivity index (χ1) is 9.52. The van der Waals surface area contributed by atoms with Crippen molar-refractivity contribution >= 4 is 46.5 Å². The minimum absolute atomic E-state index is 0.103. The van der Waals surface area contributed by atoms with Crippen LogP contribution in [0.25, 0.3) is 0 Å². The van der Waals surface area contributed by atoms with Gasteiger partial charge in [0.15, 0.2) is 0 Å². The number of hydrogen-bond acceptors (Lipinski definition) is 4. The van der Waals surface area contributed by atoms with Crippen molar-refractivity contribution in [3.05, 3.63) is 22.2 Å². The predicted molar refractivity (Wildman–Crippen MR) is 78.6 cm³/mol. The number of anilines is 2. The van der Waals surface area contributed by atoms with Crippen LogP contribution in [0.3, 0.4) is 0 Å². The lowest BCUT2D eigenvalue weighted by atomic mass is 10.2. The summed E-state index contributed by atoms with van der Waals surface area (Å²) in [6, 6.07) is 3.20. The van der Waals surface area contributed by atoms with Crippen LogP contribution in [0, 0.1) is 0 Å². The number of rotatable bonds is 4. The van der Waals surface area contributed by atoms with Crippen LogP contribution in [0.4, 0.5) is 11.4 Å². The molecule has 0 fully saturated rings. The molecule has 0 saturated heterocycles. The topological polar surface area (TPSA) is 58.6 Å². The first-order valence-corrected chi connectivity index (χ1v) is 6.97. The van der Waals surface area contributed by atoms with E-state index in [9.17, 15) is 9.59 Å². The van der Waals surface area contributed by atoms with Gasteiger partial charge in [-0.15, -0.1) is 0 Å². The maximum atomic E-state index is 11.9. The second kappa shape index (κ2) is 6.33. The van der Waals surface area contributed by atoms with E-state index in [1.54, 1.807) is 12.1 Å². The van der Waals surface area contributed by atoms with Crippen LogP contribution in [0.15, 0.2) is 12.1 Å². The molecule has 0 radical (unpaired) electrons. The predicted octanol–water partition coefficient (Wildman–Crippen LogP) is 2.71. The van der Waals surface area contributed by atoms with E-state index in [-0.39, 0.29) is 19.0 Å². The van der Waals surface area contributed by atoms with Crippen molar-refractivity contribution in [1.82, 2.24) is 0 Å². The normalized spacial score (nSPS) is 13.8. The lowest BCUT2D eigenvalue weighted by Gasteiger charge is -2.29. The molecule has 20 heavy (non-hydrogen) atoms. The van der Waals surface area contributed by atoms with Crippen LogP contribution < -0.4 is 10.2 Å². The number of halogens is 2. The van der Waals surface area contributed by atoms with Gasteiger partial charge < -0.3 is 10.1 Å². The summed E-state index contributed by atoms with van der Waals surface area (Å²) >= 11 is 11.9. The Bertz CT molecular complexity index is 549. The molecule has 1 aliphatic heterocycles. The van der Waals surface area contributed by atoms with Crippen LogP contribution in [0.1, 0.15) is 13.3 Å². The molecular formula is C13H14Cl2N2O3. The molecule has 0 aliphatic carbocycles. The van der Waals surface area contributed by atoms with Crippen molar-refractivity contribution in [3.8, 4) is 0 Å². The van der Waals surface area contributed by atoms with Crippen LogP contribution >= 0.6 is 23.2 Å². The standard InChI is InChI=1S/C13H14Cl2N2O3/c1-2-3-20-13(19)7-17-11-5-9(15)8(14)4-10(11)16-6-12(17)18/h4-5,16H,2-3,6-7H2,1H3. The third-order valence-electron chi connectivity index (χ3n) is 2.81. The van der Waals surface area contributed by atoms with Gasteiger partial charge in [-0.2, -0.15) is 0 Å². The van der Waals surface area contributed by atoms with Gasteiger partial charge in [0, 0.05) is 0 Å². The number of nitrogens with one attached hydrogen (secondary N) is 1. The molecule has 0 spiro atoms. The van der Waals surface area contributed by atoms with E-state index in [4.69, 9.17) is 27.9 Å². The second-order valence-corrected chi connectivity index (χ2v) is 5.15. The van der Waals surface area contributed by atoms with E-state index in [1.165, 1.54) is 4.90 Å². The molecular weight excluding hydrogens is 303 g/mol. The Morgan fingerprint density at radius 2 is 2.10 bits per heavy atom. The summed E-state index contributed by atoms with van der Waals surface area (Å²) < 4.78 is 5.00. The average Bonchev–Trinajstić information content (AvgIpc) is 2.42. The van der Waals surface area contributed by atoms with Gasteiger partial charge in [0.1, 0.15) is 6.54 Å².